The summed E-state index contributed by atoms with van der Waals surface area (Å²) in [5, 5.41) is 0. The highest BCUT2D eigenvalue weighted by atomic mass is 79.9. The van der Waals surface area contributed by atoms with E-state index in [1.165, 1.54) is 0 Å². The fourth-order valence-corrected chi connectivity index (χ4v) is 2.69. The molecule has 2 rings (SSSR count). The fourth-order valence-electron chi connectivity index (χ4n) is 2.47. The van der Waals surface area contributed by atoms with E-state index in [9.17, 15) is 4.79 Å². The summed E-state index contributed by atoms with van der Waals surface area (Å²) in [6, 6.07) is 2.28. The standard InChI is InChI=1S/C16H24BrN3O2/c1-11-8-14(18-9-13(11)17)20-7-6-19(10-12(20)2)15(21)22-16(3,4)5/h8-9,12H,6-7,10H2,1-5H3. The lowest BCUT2D eigenvalue weighted by molar-refractivity contribution is 0.0218. The molecule has 0 spiro atoms. The molecule has 0 aliphatic carbocycles. The van der Waals surface area contributed by atoms with Crippen LogP contribution >= 0.6 is 15.9 Å². The second-order valence-corrected chi connectivity index (χ2v) is 7.61. The van der Waals surface area contributed by atoms with Crippen LogP contribution in [0.2, 0.25) is 0 Å². The molecule has 1 aliphatic heterocycles. The molecular weight excluding hydrogens is 346 g/mol. The molecule has 0 radical (unpaired) electrons. The van der Waals surface area contributed by atoms with E-state index < -0.39 is 5.60 Å². The van der Waals surface area contributed by atoms with Crippen molar-refractivity contribution >= 4 is 27.8 Å². The van der Waals surface area contributed by atoms with E-state index in [1.54, 1.807) is 4.90 Å². The number of ether oxygens (including phenoxy) is 1. The molecule has 1 amide bonds. The topological polar surface area (TPSA) is 45.7 Å². The number of halogens is 1. The van der Waals surface area contributed by atoms with Crippen molar-refractivity contribution < 1.29 is 9.53 Å². The van der Waals surface area contributed by atoms with E-state index in [-0.39, 0.29) is 12.1 Å². The Kier molecular flexibility index (Phi) is 5.00. The molecule has 1 atom stereocenters. The summed E-state index contributed by atoms with van der Waals surface area (Å²) >= 11 is 3.47. The third kappa shape index (κ3) is 4.12. The highest BCUT2D eigenvalue weighted by molar-refractivity contribution is 9.10. The predicted molar refractivity (Wildman–Crippen MR) is 91.3 cm³/mol. The summed E-state index contributed by atoms with van der Waals surface area (Å²) in [7, 11) is 0. The Labute approximate surface area is 140 Å². The van der Waals surface area contributed by atoms with Gasteiger partial charge in [0.15, 0.2) is 0 Å². The average molecular weight is 370 g/mol. The average Bonchev–Trinajstić information content (AvgIpc) is 2.40. The van der Waals surface area contributed by atoms with Crippen LogP contribution in [0.15, 0.2) is 16.7 Å². The van der Waals surface area contributed by atoms with E-state index in [0.717, 1.165) is 22.4 Å². The minimum atomic E-state index is -0.457. The van der Waals surface area contributed by atoms with Crippen molar-refractivity contribution in [3.05, 3.63) is 22.3 Å². The van der Waals surface area contributed by atoms with Gasteiger partial charge in [0.1, 0.15) is 11.4 Å². The van der Waals surface area contributed by atoms with Crippen molar-refractivity contribution in [1.82, 2.24) is 9.88 Å². The number of aryl methyl sites for hydroxylation is 1. The number of hydrogen-bond donors (Lipinski definition) is 0. The van der Waals surface area contributed by atoms with E-state index in [1.807, 2.05) is 27.0 Å². The third-order valence-electron chi connectivity index (χ3n) is 3.61. The predicted octanol–water partition coefficient (Wildman–Crippen LogP) is 3.60. The molecule has 2 heterocycles. The van der Waals surface area contributed by atoms with Gasteiger partial charge in [-0.3, -0.25) is 0 Å². The van der Waals surface area contributed by atoms with Crippen LogP contribution in [-0.4, -0.2) is 47.3 Å². The van der Waals surface area contributed by atoms with Gasteiger partial charge < -0.3 is 14.5 Å². The number of amides is 1. The van der Waals surface area contributed by atoms with Crippen LogP contribution < -0.4 is 4.90 Å². The Morgan fingerprint density at radius 1 is 1.41 bits per heavy atom. The number of carbonyl (C=O) groups excluding carboxylic acids is 1. The Bertz CT molecular complexity index is 557. The normalized spacial score (nSPS) is 19.3. The zero-order valence-corrected chi connectivity index (χ0v) is 15.5. The van der Waals surface area contributed by atoms with Gasteiger partial charge in [0.2, 0.25) is 0 Å². The number of piperazine rings is 1. The SMILES string of the molecule is Cc1cc(N2CCN(C(=O)OC(C)(C)C)CC2C)ncc1Br. The Balaban J connectivity index is 2.03. The monoisotopic (exact) mass is 369 g/mol. The first-order valence-corrected chi connectivity index (χ1v) is 8.33. The molecule has 5 nitrogen and oxygen atoms in total. The number of aromatic nitrogens is 1. The highest BCUT2D eigenvalue weighted by Gasteiger charge is 2.30. The van der Waals surface area contributed by atoms with Crippen molar-refractivity contribution in [3.63, 3.8) is 0 Å². The van der Waals surface area contributed by atoms with Crippen molar-refractivity contribution in [1.29, 1.82) is 0 Å². The molecule has 1 unspecified atom stereocenters. The largest absolute Gasteiger partial charge is 0.444 e. The number of rotatable bonds is 1. The summed E-state index contributed by atoms with van der Waals surface area (Å²) in [6.45, 7) is 11.9. The summed E-state index contributed by atoms with van der Waals surface area (Å²) in [4.78, 5) is 20.7. The van der Waals surface area contributed by atoms with Gasteiger partial charge in [0, 0.05) is 36.3 Å². The Morgan fingerprint density at radius 2 is 2.09 bits per heavy atom. The van der Waals surface area contributed by atoms with Crippen LogP contribution in [0.4, 0.5) is 10.6 Å². The molecule has 0 bridgehead atoms. The summed E-state index contributed by atoms with van der Waals surface area (Å²) in [5.74, 6) is 0.956. The molecule has 0 N–H and O–H groups in total. The zero-order valence-electron chi connectivity index (χ0n) is 13.9. The maximum Gasteiger partial charge on any atom is 0.410 e. The summed E-state index contributed by atoms with van der Waals surface area (Å²) < 4.78 is 6.46. The van der Waals surface area contributed by atoms with Crippen LogP contribution in [0.25, 0.3) is 0 Å². The van der Waals surface area contributed by atoms with E-state index >= 15 is 0 Å². The van der Waals surface area contributed by atoms with Crippen molar-refractivity contribution in [3.8, 4) is 0 Å². The minimum absolute atomic E-state index is 0.203. The van der Waals surface area contributed by atoms with E-state index in [4.69, 9.17) is 4.74 Å². The van der Waals surface area contributed by atoms with E-state index in [0.29, 0.717) is 13.1 Å². The van der Waals surface area contributed by atoms with Gasteiger partial charge in [-0.25, -0.2) is 9.78 Å². The number of hydrogen-bond acceptors (Lipinski definition) is 4. The maximum absolute atomic E-state index is 12.2. The molecule has 1 aliphatic rings. The van der Waals surface area contributed by atoms with Gasteiger partial charge in [-0.1, -0.05) is 0 Å². The first-order chi connectivity index (χ1) is 10.2. The number of nitrogens with zero attached hydrogens (tertiary/aromatic N) is 3. The van der Waals surface area contributed by atoms with Gasteiger partial charge in [0.25, 0.3) is 0 Å². The molecule has 1 aromatic heterocycles. The molecule has 1 aromatic rings. The molecular formula is C16H24BrN3O2. The van der Waals surface area contributed by atoms with Crippen LogP contribution in [0.3, 0.4) is 0 Å². The highest BCUT2D eigenvalue weighted by Crippen LogP contribution is 2.24. The first-order valence-electron chi connectivity index (χ1n) is 7.54. The van der Waals surface area contributed by atoms with Gasteiger partial charge >= 0.3 is 6.09 Å². The van der Waals surface area contributed by atoms with Crippen LogP contribution in [0.1, 0.15) is 33.3 Å². The van der Waals surface area contributed by atoms with Gasteiger partial charge in [-0.2, -0.15) is 0 Å². The Morgan fingerprint density at radius 3 is 2.64 bits per heavy atom. The van der Waals surface area contributed by atoms with Crippen molar-refractivity contribution in [2.75, 3.05) is 24.5 Å². The number of carbonyl (C=O) groups is 1. The van der Waals surface area contributed by atoms with Crippen LogP contribution in [-0.2, 0) is 4.74 Å². The van der Waals surface area contributed by atoms with Gasteiger partial charge in [-0.15, -0.1) is 0 Å². The molecule has 0 saturated carbocycles. The number of anilines is 1. The maximum atomic E-state index is 12.2. The minimum Gasteiger partial charge on any atom is -0.444 e. The molecule has 6 heteroatoms. The quantitative estimate of drug-likeness (QED) is 0.758. The zero-order chi connectivity index (χ0) is 16.5. The smallest absolute Gasteiger partial charge is 0.410 e. The lowest BCUT2D eigenvalue weighted by atomic mass is 10.1. The lowest BCUT2D eigenvalue weighted by Gasteiger charge is -2.40. The van der Waals surface area contributed by atoms with Gasteiger partial charge in [0.05, 0.1) is 0 Å². The molecule has 122 valence electrons. The Hall–Kier alpha value is -1.30. The first kappa shape index (κ1) is 17.1. The van der Waals surface area contributed by atoms with Crippen molar-refractivity contribution in [2.24, 2.45) is 0 Å². The second-order valence-electron chi connectivity index (χ2n) is 6.76. The third-order valence-corrected chi connectivity index (χ3v) is 4.44. The van der Waals surface area contributed by atoms with Crippen molar-refractivity contribution in [2.45, 2.75) is 46.3 Å². The molecule has 22 heavy (non-hydrogen) atoms. The van der Waals surface area contributed by atoms with Gasteiger partial charge in [-0.05, 0) is 62.2 Å². The summed E-state index contributed by atoms with van der Waals surface area (Å²) in [6.07, 6.45) is 1.59. The lowest BCUT2D eigenvalue weighted by Crippen LogP contribution is -2.54. The molecule has 1 saturated heterocycles. The van der Waals surface area contributed by atoms with Crippen LogP contribution in [0.5, 0.6) is 0 Å². The molecule has 0 aromatic carbocycles. The number of pyridine rings is 1. The van der Waals surface area contributed by atoms with Crippen LogP contribution in [0, 0.1) is 6.92 Å². The second kappa shape index (κ2) is 6.44. The van der Waals surface area contributed by atoms with E-state index in [2.05, 4.69) is 45.7 Å². The fraction of sp³-hybridized carbons (Fsp3) is 0.625. The molecule has 1 fully saturated rings. The summed E-state index contributed by atoms with van der Waals surface area (Å²) in [5.41, 5.74) is 0.703.